The van der Waals surface area contributed by atoms with Gasteiger partial charge in [-0.15, -0.1) is 10.2 Å². The molecular formula is C16H15FN4O3S. The van der Waals surface area contributed by atoms with E-state index in [1.54, 1.807) is 24.5 Å². The van der Waals surface area contributed by atoms with Gasteiger partial charge in [-0.05, 0) is 42.8 Å². The summed E-state index contributed by atoms with van der Waals surface area (Å²) < 4.78 is 45.6. The van der Waals surface area contributed by atoms with Gasteiger partial charge in [-0.1, -0.05) is 0 Å². The number of nitrogens with one attached hydrogen (secondary N) is 1. The lowest BCUT2D eigenvalue weighted by Gasteiger charge is -2.06. The van der Waals surface area contributed by atoms with Gasteiger partial charge in [0.1, 0.15) is 5.82 Å². The molecule has 1 N–H and O–H groups in total. The third kappa shape index (κ3) is 4.06. The maximum absolute atomic E-state index is 13.3. The van der Waals surface area contributed by atoms with Crippen LogP contribution in [0, 0.1) is 12.7 Å². The minimum Gasteiger partial charge on any atom is -0.421 e. The van der Waals surface area contributed by atoms with E-state index in [0.29, 0.717) is 17.3 Å². The summed E-state index contributed by atoms with van der Waals surface area (Å²) in [7, 11) is -3.73. The maximum Gasteiger partial charge on any atom is 0.249 e. The zero-order chi connectivity index (χ0) is 17.9. The van der Waals surface area contributed by atoms with Gasteiger partial charge >= 0.3 is 0 Å². The summed E-state index contributed by atoms with van der Waals surface area (Å²) in [5.74, 6) is 0.171. The number of aryl methyl sites for hydroxylation is 1. The van der Waals surface area contributed by atoms with Crippen LogP contribution in [0.4, 0.5) is 4.39 Å². The van der Waals surface area contributed by atoms with Gasteiger partial charge in [0, 0.05) is 25.4 Å². The molecule has 9 heteroatoms. The van der Waals surface area contributed by atoms with Crippen LogP contribution in [0.25, 0.3) is 11.5 Å². The monoisotopic (exact) mass is 362 g/mol. The summed E-state index contributed by atoms with van der Waals surface area (Å²) in [6.45, 7) is 1.58. The van der Waals surface area contributed by atoms with E-state index in [1.165, 1.54) is 19.1 Å². The van der Waals surface area contributed by atoms with Crippen molar-refractivity contribution in [3.8, 4) is 11.5 Å². The van der Waals surface area contributed by atoms with Gasteiger partial charge in [0.25, 0.3) is 0 Å². The second-order valence-electron chi connectivity index (χ2n) is 5.30. The van der Waals surface area contributed by atoms with Crippen LogP contribution in [0.1, 0.15) is 11.5 Å². The van der Waals surface area contributed by atoms with Crippen molar-refractivity contribution in [1.82, 2.24) is 19.9 Å². The third-order valence-corrected chi connectivity index (χ3v) is 4.90. The molecule has 3 rings (SSSR count). The van der Waals surface area contributed by atoms with Crippen LogP contribution in [-0.2, 0) is 16.4 Å². The van der Waals surface area contributed by atoms with Crippen LogP contribution in [0.5, 0.6) is 0 Å². The van der Waals surface area contributed by atoms with Crippen molar-refractivity contribution < 1.29 is 17.2 Å². The maximum atomic E-state index is 13.3. The van der Waals surface area contributed by atoms with E-state index in [1.807, 2.05) is 0 Å². The van der Waals surface area contributed by atoms with Crippen LogP contribution < -0.4 is 4.72 Å². The number of nitrogens with zero attached hydrogens (tertiary/aromatic N) is 3. The molecular weight excluding hydrogens is 347 g/mol. The Hall–Kier alpha value is -2.65. The lowest BCUT2D eigenvalue weighted by Crippen LogP contribution is -2.26. The first kappa shape index (κ1) is 17.2. The van der Waals surface area contributed by atoms with Crippen LogP contribution in [0.15, 0.2) is 52.0 Å². The van der Waals surface area contributed by atoms with Gasteiger partial charge < -0.3 is 4.42 Å². The zero-order valence-corrected chi connectivity index (χ0v) is 14.1. The topological polar surface area (TPSA) is 98.0 Å². The van der Waals surface area contributed by atoms with E-state index in [9.17, 15) is 12.8 Å². The molecule has 2 aromatic heterocycles. The largest absolute Gasteiger partial charge is 0.421 e. The van der Waals surface area contributed by atoms with Crippen molar-refractivity contribution in [2.75, 3.05) is 6.54 Å². The second kappa shape index (κ2) is 7.08. The second-order valence-corrected chi connectivity index (χ2v) is 7.07. The Morgan fingerprint density at radius 2 is 2.08 bits per heavy atom. The quantitative estimate of drug-likeness (QED) is 0.721. The van der Waals surface area contributed by atoms with E-state index < -0.39 is 15.8 Å². The van der Waals surface area contributed by atoms with Crippen LogP contribution >= 0.6 is 0 Å². The Labute approximate surface area is 144 Å². The van der Waals surface area contributed by atoms with Crippen molar-refractivity contribution in [3.63, 3.8) is 0 Å². The average molecular weight is 362 g/mol. The molecule has 0 atom stereocenters. The molecule has 0 spiro atoms. The van der Waals surface area contributed by atoms with Crippen molar-refractivity contribution >= 4 is 10.0 Å². The molecule has 1 aromatic carbocycles. The molecule has 0 saturated heterocycles. The SMILES string of the molecule is Cc1cc(S(=O)(=O)NCCc2nnc(-c3cccnc3)o2)ccc1F. The van der Waals surface area contributed by atoms with E-state index in [2.05, 4.69) is 19.9 Å². The van der Waals surface area contributed by atoms with Gasteiger partial charge in [0.2, 0.25) is 21.8 Å². The molecule has 0 aliphatic carbocycles. The minimum absolute atomic E-state index is 0.00739. The number of sulfonamides is 1. The number of hydrogen-bond donors (Lipinski definition) is 1. The van der Waals surface area contributed by atoms with Gasteiger partial charge in [-0.3, -0.25) is 4.98 Å². The van der Waals surface area contributed by atoms with Gasteiger partial charge in [-0.25, -0.2) is 17.5 Å². The predicted molar refractivity (Wildman–Crippen MR) is 87.6 cm³/mol. The molecule has 3 aromatic rings. The van der Waals surface area contributed by atoms with Crippen molar-refractivity contribution in [3.05, 3.63) is 60.0 Å². The first-order valence-electron chi connectivity index (χ1n) is 7.44. The summed E-state index contributed by atoms with van der Waals surface area (Å²) in [4.78, 5) is 3.97. The van der Waals surface area contributed by atoms with Gasteiger partial charge in [0.05, 0.1) is 10.5 Å². The smallest absolute Gasteiger partial charge is 0.249 e. The zero-order valence-electron chi connectivity index (χ0n) is 13.3. The molecule has 0 bridgehead atoms. The molecule has 0 aliphatic rings. The summed E-state index contributed by atoms with van der Waals surface area (Å²) in [5.41, 5.74) is 0.949. The summed E-state index contributed by atoms with van der Waals surface area (Å²) >= 11 is 0. The molecule has 0 aliphatic heterocycles. The number of hydrogen-bond acceptors (Lipinski definition) is 6. The van der Waals surface area contributed by atoms with Gasteiger partial charge in [0.15, 0.2) is 0 Å². The number of halogens is 1. The number of benzene rings is 1. The molecule has 2 heterocycles. The molecule has 130 valence electrons. The van der Waals surface area contributed by atoms with Crippen molar-refractivity contribution in [1.29, 1.82) is 0 Å². The fraction of sp³-hybridized carbons (Fsp3) is 0.188. The average Bonchev–Trinajstić information content (AvgIpc) is 3.07. The predicted octanol–water partition coefficient (Wildman–Crippen LogP) is 2.10. The Kier molecular flexibility index (Phi) is 4.86. The number of aromatic nitrogens is 3. The molecule has 0 amide bonds. The van der Waals surface area contributed by atoms with E-state index in [0.717, 1.165) is 6.07 Å². The third-order valence-electron chi connectivity index (χ3n) is 3.45. The Balaban J connectivity index is 1.63. The fourth-order valence-electron chi connectivity index (χ4n) is 2.12. The summed E-state index contributed by atoms with van der Waals surface area (Å²) in [6, 6.07) is 7.16. The highest BCUT2D eigenvalue weighted by molar-refractivity contribution is 7.89. The first-order chi connectivity index (χ1) is 12.0. The van der Waals surface area contributed by atoms with E-state index in [4.69, 9.17) is 4.42 Å². The Morgan fingerprint density at radius 1 is 1.24 bits per heavy atom. The molecule has 0 saturated carbocycles. The van der Waals surface area contributed by atoms with Crippen molar-refractivity contribution in [2.45, 2.75) is 18.2 Å². The summed E-state index contributed by atoms with van der Waals surface area (Å²) in [5, 5.41) is 7.79. The molecule has 0 radical (unpaired) electrons. The lowest BCUT2D eigenvalue weighted by molar-refractivity contribution is 0.501. The van der Waals surface area contributed by atoms with E-state index in [-0.39, 0.29) is 23.4 Å². The van der Waals surface area contributed by atoms with Crippen molar-refractivity contribution in [2.24, 2.45) is 0 Å². The minimum atomic E-state index is -3.73. The number of pyridine rings is 1. The molecule has 7 nitrogen and oxygen atoms in total. The number of rotatable bonds is 6. The van der Waals surface area contributed by atoms with Crippen LogP contribution in [0.3, 0.4) is 0 Å². The Morgan fingerprint density at radius 3 is 2.80 bits per heavy atom. The molecule has 0 unspecified atom stereocenters. The first-order valence-corrected chi connectivity index (χ1v) is 8.92. The standard InChI is InChI=1S/C16H15FN4O3S/c1-11-9-13(4-5-14(11)17)25(22,23)19-8-6-15-20-21-16(24-15)12-3-2-7-18-10-12/h2-5,7,9-10,19H,6,8H2,1H3. The highest BCUT2D eigenvalue weighted by Gasteiger charge is 2.16. The highest BCUT2D eigenvalue weighted by atomic mass is 32.2. The molecule has 25 heavy (non-hydrogen) atoms. The lowest BCUT2D eigenvalue weighted by atomic mass is 10.2. The highest BCUT2D eigenvalue weighted by Crippen LogP contribution is 2.16. The fourth-order valence-corrected chi connectivity index (χ4v) is 3.24. The van der Waals surface area contributed by atoms with Gasteiger partial charge in [-0.2, -0.15) is 0 Å². The summed E-state index contributed by atoms with van der Waals surface area (Å²) in [6.07, 6.45) is 3.45. The normalized spacial score (nSPS) is 11.6. The molecule has 0 fully saturated rings. The van der Waals surface area contributed by atoms with Crippen LogP contribution in [-0.4, -0.2) is 30.1 Å². The van der Waals surface area contributed by atoms with E-state index >= 15 is 0 Å². The Bertz CT molecular complexity index is 974. The van der Waals surface area contributed by atoms with Crippen LogP contribution in [0.2, 0.25) is 0 Å².